The van der Waals surface area contributed by atoms with Crippen LogP contribution in [0, 0.1) is 0 Å². The molecular formula is C16H22BrNO. The molecule has 1 heterocycles. The molecule has 1 fully saturated rings. The van der Waals surface area contributed by atoms with Gasteiger partial charge in [0, 0.05) is 24.3 Å². The molecule has 0 saturated carbocycles. The molecule has 2 nitrogen and oxygen atoms in total. The molecule has 0 spiro atoms. The summed E-state index contributed by atoms with van der Waals surface area (Å²) >= 11 is 3.41. The molecule has 1 aliphatic rings. The summed E-state index contributed by atoms with van der Waals surface area (Å²) in [6, 6.07) is 10.9. The van der Waals surface area contributed by atoms with E-state index in [4.69, 9.17) is 0 Å². The summed E-state index contributed by atoms with van der Waals surface area (Å²) in [6.45, 7) is 0.949. The van der Waals surface area contributed by atoms with E-state index in [0.29, 0.717) is 18.4 Å². The van der Waals surface area contributed by atoms with Gasteiger partial charge in [0.15, 0.2) is 0 Å². The van der Waals surface area contributed by atoms with E-state index in [9.17, 15) is 4.79 Å². The minimum Gasteiger partial charge on any atom is -0.339 e. The van der Waals surface area contributed by atoms with Crippen molar-refractivity contribution in [2.24, 2.45) is 0 Å². The minimum atomic E-state index is 0.347. The van der Waals surface area contributed by atoms with Gasteiger partial charge in [-0.2, -0.15) is 0 Å². The molecule has 104 valence electrons. The highest BCUT2D eigenvalue weighted by Crippen LogP contribution is 2.22. The number of carbonyl (C=O) groups is 1. The average molecular weight is 324 g/mol. The van der Waals surface area contributed by atoms with Crippen LogP contribution in [0.1, 0.15) is 37.7 Å². The third-order valence-corrected chi connectivity index (χ3v) is 4.35. The van der Waals surface area contributed by atoms with Crippen molar-refractivity contribution in [2.45, 2.75) is 44.6 Å². The average Bonchev–Trinajstić information content (AvgIpc) is 2.88. The first-order chi connectivity index (χ1) is 9.31. The molecule has 1 aromatic rings. The summed E-state index contributed by atoms with van der Waals surface area (Å²) in [5, 5.41) is 0.994. The maximum absolute atomic E-state index is 12.2. The van der Waals surface area contributed by atoms with Crippen LogP contribution in [0.15, 0.2) is 30.3 Å². The molecule has 1 amide bonds. The van der Waals surface area contributed by atoms with E-state index in [1.165, 1.54) is 5.56 Å². The maximum Gasteiger partial charge on any atom is 0.222 e. The lowest BCUT2D eigenvalue weighted by molar-refractivity contribution is -0.132. The van der Waals surface area contributed by atoms with Crippen LogP contribution in [0.2, 0.25) is 0 Å². The normalized spacial score (nSPS) is 18.8. The lowest BCUT2D eigenvalue weighted by Gasteiger charge is -2.25. The first-order valence-electron chi connectivity index (χ1n) is 7.20. The van der Waals surface area contributed by atoms with Crippen LogP contribution in [0.5, 0.6) is 0 Å². The molecule has 1 saturated heterocycles. The first kappa shape index (κ1) is 14.6. The van der Waals surface area contributed by atoms with E-state index in [1.54, 1.807) is 0 Å². The maximum atomic E-state index is 12.2. The number of halogens is 1. The van der Waals surface area contributed by atoms with Crippen molar-refractivity contribution in [3.05, 3.63) is 35.9 Å². The van der Waals surface area contributed by atoms with Crippen molar-refractivity contribution in [3.8, 4) is 0 Å². The molecule has 19 heavy (non-hydrogen) atoms. The molecule has 0 N–H and O–H groups in total. The second kappa shape index (κ2) is 7.68. The van der Waals surface area contributed by atoms with Crippen LogP contribution in [0.4, 0.5) is 0 Å². The highest BCUT2D eigenvalue weighted by atomic mass is 79.9. The Balaban J connectivity index is 1.88. The van der Waals surface area contributed by atoms with Gasteiger partial charge in [0.05, 0.1) is 0 Å². The smallest absolute Gasteiger partial charge is 0.222 e. The van der Waals surface area contributed by atoms with E-state index >= 15 is 0 Å². The first-order valence-corrected chi connectivity index (χ1v) is 8.33. The van der Waals surface area contributed by atoms with E-state index in [0.717, 1.165) is 44.0 Å². The number of benzene rings is 1. The molecule has 1 unspecified atom stereocenters. The lowest BCUT2D eigenvalue weighted by atomic mass is 10.0. The molecule has 0 aliphatic carbocycles. The van der Waals surface area contributed by atoms with E-state index in [-0.39, 0.29) is 0 Å². The number of carbonyl (C=O) groups excluding carboxylic acids is 1. The highest BCUT2D eigenvalue weighted by Gasteiger charge is 2.27. The number of rotatable bonds is 6. The van der Waals surface area contributed by atoms with E-state index in [1.807, 2.05) is 6.07 Å². The second-order valence-electron chi connectivity index (χ2n) is 5.22. The number of likely N-dealkylation sites (tertiary alicyclic amines) is 1. The zero-order chi connectivity index (χ0) is 13.5. The predicted octanol–water partition coefficient (Wildman–Crippen LogP) is 3.79. The van der Waals surface area contributed by atoms with Crippen molar-refractivity contribution >= 4 is 21.8 Å². The van der Waals surface area contributed by atoms with Crippen molar-refractivity contribution in [1.82, 2.24) is 4.90 Å². The van der Waals surface area contributed by atoms with Crippen LogP contribution < -0.4 is 0 Å². The Kier molecular flexibility index (Phi) is 5.90. The summed E-state index contributed by atoms with van der Waals surface area (Å²) in [6.07, 6.45) is 6.10. The van der Waals surface area contributed by atoms with Gasteiger partial charge in [-0.15, -0.1) is 0 Å². The highest BCUT2D eigenvalue weighted by molar-refractivity contribution is 9.09. The van der Waals surface area contributed by atoms with Crippen LogP contribution in [0.25, 0.3) is 0 Å². The number of hydrogen-bond acceptors (Lipinski definition) is 1. The summed E-state index contributed by atoms with van der Waals surface area (Å²) in [5.41, 5.74) is 1.34. The summed E-state index contributed by atoms with van der Waals surface area (Å²) < 4.78 is 0. The molecular weight excluding hydrogens is 302 g/mol. The summed E-state index contributed by atoms with van der Waals surface area (Å²) in [7, 11) is 0. The van der Waals surface area contributed by atoms with E-state index in [2.05, 4.69) is 45.1 Å². The fourth-order valence-corrected chi connectivity index (χ4v) is 3.17. The fraction of sp³-hybridized carbons (Fsp3) is 0.562. The second-order valence-corrected chi connectivity index (χ2v) is 6.01. The molecule has 0 radical (unpaired) electrons. The van der Waals surface area contributed by atoms with Gasteiger partial charge in [-0.1, -0.05) is 46.3 Å². The van der Waals surface area contributed by atoms with Gasteiger partial charge >= 0.3 is 0 Å². The molecule has 1 aliphatic heterocycles. The van der Waals surface area contributed by atoms with Crippen molar-refractivity contribution < 1.29 is 4.79 Å². The molecule has 1 atom stereocenters. The summed E-state index contributed by atoms with van der Waals surface area (Å²) in [4.78, 5) is 14.3. The van der Waals surface area contributed by atoms with Gasteiger partial charge in [0.25, 0.3) is 0 Å². The molecule has 0 bridgehead atoms. The molecule has 0 aromatic heterocycles. The Morgan fingerprint density at radius 3 is 2.79 bits per heavy atom. The Hall–Kier alpha value is -0.830. The molecule has 1 aromatic carbocycles. The van der Waals surface area contributed by atoms with Crippen molar-refractivity contribution in [2.75, 3.05) is 11.9 Å². The van der Waals surface area contributed by atoms with Crippen LogP contribution in [0.3, 0.4) is 0 Å². The van der Waals surface area contributed by atoms with Crippen molar-refractivity contribution in [1.29, 1.82) is 0 Å². The van der Waals surface area contributed by atoms with Gasteiger partial charge < -0.3 is 4.90 Å². The third kappa shape index (κ3) is 4.34. The monoisotopic (exact) mass is 323 g/mol. The Morgan fingerprint density at radius 2 is 2.05 bits per heavy atom. The number of amides is 1. The van der Waals surface area contributed by atoms with Gasteiger partial charge in [-0.05, 0) is 37.7 Å². The third-order valence-electron chi connectivity index (χ3n) is 3.79. The van der Waals surface area contributed by atoms with Crippen molar-refractivity contribution in [3.63, 3.8) is 0 Å². The van der Waals surface area contributed by atoms with E-state index < -0.39 is 0 Å². The number of nitrogens with zero attached hydrogens (tertiary/aromatic N) is 1. The standard InChI is InChI=1S/C16H22BrNO/c17-11-5-4-10-16(19)18-12-6-9-15(18)13-14-7-2-1-3-8-14/h1-3,7-8,15H,4-6,9-13H2. The zero-order valence-corrected chi connectivity index (χ0v) is 12.9. The number of alkyl halides is 1. The van der Waals surface area contributed by atoms with Crippen LogP contribution in [-0.4, -0.2) is 28.7 Å². The molecule has 3 heteroatoms. The SMILES string of the molecule is O=C(CCCCBr)N1CCCC1Cc1ccccc1. The minimum absolute atomic E-state index is 0.347. The quantitative estimate of drug-likeness (QED) is 0.576. The summed E-state index contributed by atoms with van der Waals surface area (Å²) in [5.74, 6) is 0.347. The number of unbranched alkanes of at least 4 members (excludes halogenated alkanes) is 1. The Labute approximate surface area is 124 Å². The predicted molar refractivity (Wildman–Crippen MR) is 82.5 cm³/mol. The topological polar surface area (TPSA) is 20.3 Å². The Bertz CT molecular complexity index is 393. The van der Waals surface area contributed by atoms with Crippen LogP contribution >= 0.6 is 15.9 Å². The van der Waals surface area contributed by atoms with Gasteiger partial charge in [-0.25, -0.2) is 0 Å². The lowest BCUT2D eigenvalue weighted by Crippen LogP contribution is -2.36. The molecule has 2 rings (SSSR count). The Morgan fingerprint density at radius 1 is 1.26 bits per heavy atom. The largest absolute Gasteiger partial charge is 0.339 e. The van der Waals surface area contributed by atoms with Gasteiger partial charge in [-0.3, -0.25) is 4.79 Å². The van der Waals surface area contributed by atoms with Gasteiger partial charge in [0.1, 0.15) is 0 Å². The fourth-order valence-electron chi connectivity index (χ4n) is 2.78. The zero-order valence-electron chi connectivity index (χ0n) is 11.4. The number of hydrogen-bond donors (Lipinski definition) is 0. The van der Waals surface area contributed by atoms with Crippen LogP contribution in [-0.2, 0) is 11.2 Å². The van der Waals surface area contributed by atoms with Gasteiger partial charge in [0.2, 0.25) is 5.91 Å².